The highest BCUT2D eigenvalue weighted by atomic mass is 16.5. The molecule has 1 aromatic heterocycles. The summed E-state index contributed by atoms with van der Waals surface area (Å²) < 4.78 is 7.03. The normalized spacial score (nSPS) is 17.0. The van der Waals surface area contributed by atoms with E-state index in [1.807, 2.05) is 16.9 Å². The third kappa shape index (κ3) is 3.94. The molecular formula is C17H24N4O. The Balaban J connectivity index is 1.50. The Kier molecular flexibility index (Phi) is 5.21. The van der Waals surface area contributed by atoms with Crippen LogP contribution in [0.1, 0.15) is 5.56 Å². The van der Waals surface area contributed by atoms with Crippen LogP contribution in [-0.2, 0) is 11.3 Å². The molecule has 0 aliphatic carbocycles. The number of hydrogen-bond donors (Lipinski definition) is 0. The monoisotopic (exact) mass is 300 g/mol. The molecule has 0 N–H and O–H groups in total. The van der Waals surface area contributed by atoms with Gasteiger partial charge in [0, 0.05) is 58.8 Å². The van der Waals surface area contributed by atoms with Gasteiger partial charge >= 0.3 is 0 Å². The second-order valence-electron chi connectivity index (χ2n) is 5.73. The van der Waals surface area contributed by atoms with Crippen molar-refractivity contribution >= 4 is 0 Å². The van der Waals surface area contributed by atoms with Crippen LogP contribution < -0.4 is 0 Å². The van der Waals surface area contributed by atoms with Crippen molar-refractivity contribution in [3.63, 3.8) is 0 Å². The fraction of sp³-hybridized carbons (Fsp3) is 0.471. The molecule has 0 radical (unpaired) electrons. The Bertz CT molecular complexity index is 545. The number of ether oxygens (including phenoxy) is 1. The minimum absolute atomic E-state index is 0.828. The Morgan fingerprint density at radius 2 is 1.77 bits per heavy atom. The van der Waals surface area contributed by atoms with E-state index in [0.717, 1.165) is 51.6 Å². The van der Waals surface area contributed by atoms with Crippen LogP contribution in [0.3, 0.4) is 0 Å². The summed E-state index contributed by atoms with van der Waals surface area (Å²) in [5, 5.41) is 4.26. The maximum absolute atomic E-state index is 5.15. The molecule has 3 rings (SSSR count). The smallest absolute Gasteiger partial charge is 0.0645 e. The first-order valence-corrected chi connectivity index (χ1v) is 7.88. The van der Waals surface area contributed by atoms with Gasteiger partial charge in [-0.15, -0.1) is 0 Å². The molecule has 2 heterocycles. The summed E-state index contributed by atoms with van der Waals surface area (Å²) in [5.41, 5.74) is 2.47. The van der Waals surface area contributed by atoms with Crippen LogP contribution >= 0.6 is 0 Å². The SMILES string of the molecule is COCCN1CCN(Cc2ccc(-n3cccn3)cc2)CC1. The van der Waals surface area contributed by atoms with Crippen LogP contribution in [0.25, 0.3) is 5.69 Å². The Morgan fingerprint density at radius 1 is 1.05 bits per heavy atom. The first-order valence-electron chi connectivity index (χ1n) is 7.88. The van der Waals surface area contributed by atoms with Gasteiger partial charge in [-0.05, 0) is 23.8 Å². The molecule has 1 fully saturated rings. The predicted molar refractivity (Wildman–Crippen MR) is 87.2 cm³/mol. The second kappa shape index (κ2) is 7.54. The molecule has 118 valence electrons. The lowest BCUT2D eigenvalue weighted by molar-refractivity contribution is 0.0938. The number of aromatic nitrogens is 2. The quantitative estimate of drug-likeness (QED) is 0.812. The molecule has 0 saturated carbocycles. The van der Waals surface area contributed by atoms with Crippen LogP contribution in [0.5, 0.6) is 0 Å². The minimum Gasteiger partial charge on any atom is -0.383 e. The molecule has 22 heavy (non-hydrogen) atoms. The van der Waals surface area contributed by atoms with Gasteiger partial charge in [0.15, 0.2) is 0 Å². The van der Waals surface area contributed by atoms with Crippen LogP contribution in [0.4, 0.5) is 0 Å². The highest BCUT2D eigenvalue weighted by molar-refractivity contribution is 5.33. The van der Waals surface area contributed by atoms with Crippen molar-refractivity contribution in [2.75, 3.05) is 46.4 Å². The molecule has 0 amide bonds. The molecule has 0 unspecified atom stereocenters. The first-order chi connectivity index (χ1) is 10.8. The van der Waals surface area contributed by atoms with E-state index >= 15 is 0 Å². The fourth-order valence-electron chi connectivity index (χ4n) is 2.83. The van der Waals surface area contributed by atoms with E-state index in [9.17, 15) is 0 Å². The average Bonchev–Trinajstić information content (AvgIpc) is 3.09. The summed E-state index contributed by atoms with van der Waals surface area (Å²) in [6, 6.07) is 10.6. The predicted octanol–water partition coefficient (Wildman–Crippen LogP) is 1.64. The molecule has 0 atom stereocenters. The summed E-state index contributed by atoms with van der Waals surface area (Å²) in [5.74, 6) is 0. The zero-order valence-corrected chi connectivity index (χ0v) is 13.2. The van der Waals surface area contributed by atoms with Gasteiger partial charge in [-0.25, -0.2) is 4.68 Å². The molecular weight excluding hydrogens is 276 g/mol. The zero-order chi connectivity index (χ0) is 15.2. The van der Waals surface area contributed by atoms with E-state index in [1.54, 1.807) is 13.3 Å². The van der Waals surface area contributed by atoms with Gasteiger partial charge in [0.05, 0.1) is 12.3 Å². The largest absolute Gasteiger partial charge is 0.383 e. The van der Waals surface area contributed by atoms with E-state index in [-0.39, 0.29) is 0 Å². The van der Waals surface area contributed by atoms with Crippen LogP contribution in [0.2, 0.25) is 0 Å². The van der Waals surface area contributed by atoms with Gasteiger partial charge in [0.2, 0.25) is 0 Å². The van der Waals surface area contributed by atoms with E-state index in [2.05, 4.69) is 39.2 Å². The zero-order valence-electron chi connectivity index (χ0n) is 13.2. The van der Waals surface area contributed by atoms with Crippen molar-refractivity contribution in [3.8, 4) is 5.69 Å². The van der Waals surface area contributed by atoms with Crippen molar-refractivity contribution in [1.29, 1.82) is 0 Å². The van der Waals surface area contributed by atoms with Gasteiger partial charge in [-0.2, -0.15) is 5.10 Å². The number of benzene rings is 1. The maximum Gasteiger partial charge on any atom is 0.0645 e. The van der Waals surface area contributed by atoms with E-state index in [0.29, 0.717) is 0 Å². The van der Waals surface area contributed by atoms with E-state index in [4.69, 9.17) is 4.74 Å². The maximum atomic E-state index is 5.15. The highest BCUT2D eigenvalue weighted by Gasteiger charge is 2.16. The van der Waals surface area contributed by atoms with E-state index < -0.39 is 0 Å². The lowest BCUT2D eigenvalue weighted by Crippen LogP contribution is -2.46. The standard InChI is InChI=1S/C17H24N4O/c1-22-14-13-19-9-11-20(12-10-19)15-16-3-5-17(6-4-16)21-8-2-7-18-21/h2-8H,9-15H2,1H3. The summed E-state index contributed by atoms with van der Waals surface area (Å²) in [7, 11) is 1.77. The molecule has 2 aromatic rings. The van der Waals surface area contributed by atoms with Crippen molar-refractivity contribution in [2.45, 2.75) is 6.54 Å². The lowest BCUT2D eigenvalue weighted by Gasteiger charge is -2.34. The second-order valence-corrected chi connectivity index (χ2v) is 5.73. The van der Waals surface area contributed by atoms with Crippen LogP contribution in [0.15, 0.2) is 42.7 Å². The minimum atomic E-state index is 0.828. The number of nitrogens with zero attached hydrogens (tertiary/aromatic N) is 4. The first kappa shape index (κ1) is 15.2. The summed E-state index contributed by atoms with van der Waals surface area (Å²) in [6.07, 6.45) is 3.77. The van der Waals surface area contributed by atoms with Crippen molar-refractivity contribution in [3.05, 3.63) is 48.3 Å². The fourth-order valence-corrected chi connectivity index (χ4v) is 2.83. The van der Waals surface area contributed by atoms with Crippen LogP contribution in [0, 0.1) is 0 Å². The molecule has 0 spiro atoms. The molecule has 1 aromatic carbocycles. The Morgan fingerprint density at radius 3 is 2.41 bits per heavy atom. The molecule has 5 heteroatoms. The van der Waals surface area contributed by atoms with Crippen LogP contribution in [-0.4, -0.2) is 66.0 Å². The van der Waals surface area contributed by atoms with Crippen molar-refractivity contribution < 1.29 is 4.74 Å². The van der Waals surface area contributed by atoms with Crippen molar-refractivity contribution in [2.24, 2.45) is 0 Å². The number of hydrogen-bond acceptors (Lipinski definition) is 4. The number of methoxy groups -OCH3 is 1. The summed E-state index contributed by atoms with van der Waals surface area (Å²) >= 11 is 0. The topological polar surface area (TPSA) is 33.5 Å². The Hall–Kier alpha value is -1.69. The third-order valence-corrected chi connectivity index (χ3v) is 4.19. The number of piperazine rings is 1. The van der Waals surface area contributed by atoms with Crippen molar-refractivity contribution in [1.82, 2.24) is 19.6 Å². The van der Waals surface area contributed by atoms with Gasteiger partial charge in [0.1, 0.15) is 0 Å². The van der Waals surface area contributed by atoms with Gasteiger partial charge in [0.25, 0.3) is 0 Å². The molecule has 1 saturated heterocycles. The van der Waals surface area contributed by atoms with E-state index in [1.165, 1.54) is 5.56 Å². The number of rotatable bonds is 6. The molecule has 1 aliphatic rings. The van der Waals surface area contributed by atoms with Gasteiger partial charge in [-0.3, -0.25) is 9.80 Å². The molecule has 5 nitrogen and oxygen atoms in total. The molecule has 1 aliphatic heterocycles. The lowest BCUT2D eigenvalue weighted by atomic mass is 10.2. The highest BCUT2D eigenvalue weighted by Crippen LogP contribution is 2.12. The average molecular weight is 300 g/mol. The van der Waals surface area contributed by atoms with Gasteiger partial charge < -0.3 is 4.74 Å². The summed E-state index contributed by atoms with van der Waals surface area (Å²) in [6.45, 7) is 7.42. The molecule has 0 bridgehead atoms. The third-order valence-electron chi connectivity index (χ3n) is 4.19. The van der Waals surface area contributed by atoms with Gasteiger partial charge in [-0.1, -0.05) is 12.1 Å². The Labute approximate surface area is 132 Å². The summed E-state index contributed by atoms with van der Waals surface area (Å²) in [4.78, 5) is 4.99.